The molecule has 0 aromatic heterocycles. The number of para-hydroxylation sites is 9. The van der Waals surface area contributed by atoms with Gasteiger partial charge >= 0.3 is 0 Å². The zero-order chi connectivity index (χ0) is 42.2. The molecule has 315 valence electrons. The molecule has 6 nitrogen and oxygen atoms in total. The maximum atomic E-state index is 4.82. The number of hydrogen-bond acceptors (Lipinski definition) is 3. The normalized spacial score (nSPS) is 19.2. The molecular weight excluding hydrogens is 961 g/mol. The van der Waals surface area contributed by atoms with Gasteiger partial charge < -0.3 is 30.7 Å². The average molecular weight is 1000 g/mol. The fourth-order valence-electron chi connectivity index (χ4n) is 8.05. The number of hydrogen-bond donors (Lipinski definition) is 0. The molecule has 0 bridgehead atoms. The molecule has 6 aliphatic rings. The van der Waals surface area contributed by atoms with E-state index in [0.29, 0.717) is 0 Å². The van der Waals surface area contributed by atoms with Crippen molar-refractivity contribution >= 4 is 51.2 Å². The topological polar surface area (TPSA) is 52.0 Å². The molecule has 1 radical (unpaired) electrons. The van der Waals surface area contributed by atoms with Crippen LogP contribution in [0.2, 0.25) is 0 Å². The quantitative estimate of drug-likeness (QED) is 0.166. The van der Waals surface area contributed by atoms with Crippen LogP contribution in [0, 0.1) is 18.2 Å². The van der Waals surface area contributed by atoms with Gasteiger partial charge in [-0.2, -0.15) is 88.9 Å². The standard InChI is InChI=1S/3C19H14N2.Ir/c3*1-3-9-15(10-4-1)19-20-17-13-7-8-14-18(17)21(19)16-11-5-2-6-12-16;/h3*1-8,11-14H,9H2;/q3*-2;. The van der Waals surface area contributed by atoms with Crippen LogP contribution in [0.4, 0.5) is 51.2 Å². The van der Waals surface area contributed by atoms with Gasteiger partial charge in [0.1, 0.15) is 0 Å². The monoisotopic (exact) mass is 1000 g/mol. The fourth-order valence-corrected chi connectivity index (χ4v) is 8.05. The Kier molecular flexibility index (Phi) is 12.8. The smallest absolute Gasteiger partial charge is 0 e. The summed E-state index contributed by atoms with van der Waals surface area (Å²) in [5.74, 6) is 2.92. The molecular formula is C57H42IrN6-6. The second kappa shape index (κ2) is 19.6. The van der Waals surface area contributed by atoms with Crippen LogP contribution in [0.3, 0.4) is 0 Å². The van der Waals surface area contributed by atoms with Crippen molar-refractivity contribution in [3.63, 3.8) is 0 Å². The van der Waals surface area contributed by atoms with E-state index < -0.39 is 0 Å². The number of benzene rings is 6. The van der Waals surface area contributed by atoms with Crippen LogP contribution >= 0.6 is 0 Å². The van der Waals surface area contributed by atoms with E-state index in [9.17, 15) is 0 Å². The molecule has 3 aliphatic heterocycles. The van der Waals surface area contributed by atoms with Gasteiger partial charge in [-0.15, -0.1) is 18.2 Å². The first-order valence-corrected chi connectivity index (χ1v) is 21.2. The number of nitrogens with zero attached hydrogens (tertiary/aromatic N) is 6. The first-order valence-electron chi connectivity index (χ1n) is 21.2. The van der Waals surface area contributed by atoms with E-state index in [1.807, 2.05) is 72.9 Å². The number of fused-ring (bicyclic) bond motifs is 3. The molecule has 6 aromatic rings. The Hall–Kier alpha value is -7.57. The summed E-state index contributed by atoms with van der Waals surface area (Å²) in [5.41, 5.74) is 13.2. The fraction of sp³-hybridized carbons (Fsp3) is 0.0526. The zero-order valence-corrected chi connectivity index (χ0v) is 37.3. The van der Waals surface area contributed by atoms with E-state index >= 15 is 0 Å². The second-order valence-corrected chi connectivity index (χ2v) is 15.1. The van der Waals surface area contributed by atoms with E-state index in [-0.39, 0.29) is 20.1 Å². The largest absolute Gasteiger partial charge is 0.499 e. The Morgan fingerprint density at radius 1 is 0.328 bits per heavy atom. The van der Waals surface area contributed by atoms with E-state index in [1.54, 1.807) is 0 Å². The van der Waals surface area contributed by atoms with Crippen molar-refractivity contribution in [1.82, 2.24) is 0 Å². The van der Waals surface area contributed by atoms with Crippen molar-refractivity contribution in [3.8, 4) is 0 Å². The summed E-state index contributed by atoms with van der Waals surface area (Å²) in [4.78, 5) is 6.64. The number of anilines is 6. The van der Waals surface area contributed by atoms with E-state index in [0.717, 1.165) is 105 Å². The van der Waals surface area contributed by atoms with Crippen molar-refractivity contribution in [2.24, 2.45) is 0 Å². The molecule has 6 aromatic carbocycles. The van der Waals surface area contributed by atoms with Crippen molar-refractivity contribution < 1.29 is 20.1 Å². The molecule has 0 atom stereocenters. The SMILES string of the molecule is [C-]1=CC=CCC1=C1[N-]c2ccccc2N1c1ccccc1.[C-]1=CC=CCC1=C1[N-]c2ccccc2N1c1ccccc1.[C-]1=CC=CCC1=C1[N-]c2ccccc2N1c1ccccc1.[Ir]. The zero-order valence-electron chi connectivity index (χ0n) is 34.9. The molecule has 0 saturated heterocycles. The van der Waals surface area contributed by atoms with Gasteiger partial charge in [0, 0.05) is 20.1 Å². The van der Waals surface area contributed by atoms with Crippen LogP contribution in [0.15, 0.2) is 253 Å². The third-order valence-electron chi connectivity index (χ3n) is 11.0. The van der Waals surface area contributed by atoms with Crippen LogP contribution in [0.25, 0.3) is 16.0 Å². The summed E-state index contributed by atoms with van der Waals surface area (Å²) in [7, 11) is 0. The van der Waals surface area contributed by atoms with Gasteiger partial charge in [-0.3, -0.25) is 0 Å². The molecule has 12 rings (SSSR count). The Morgan fingerprint density at radius 2 is 0.594 bits per heavy atom. The van der Waals surface area contributed by atoms with Gasteiger partial charge in [0.25, 0.3) is 0 Å². The molecule has 0 N–H and O–H groups in total. The van der Waals surface area contributed by atoms with Gasteiger partial charge in [0.2, 0.25) is 0 Å². The first kappa shape index (κ1) is 41.8. The Balaban J connectivity index is 0.000000121. The molecule has 0 saturated carbocycles. The minimum absolute atomic E-state index is 0. The van der Waals surface area contributed by atoms with Crippen molar-refractivity contribution in [2.75, 3.05) is 14.7 Å². The minimum atomic E-state index is 0. The third kappa shape index (κ3) is 8.73. The maximum Gasteiger partial charge on any atom is 0 e. The predicted octanol–water partition coefficient (Wildman–Crippen LogP) is 16.1. The van der Waals surface area contributed by atoms with Gasteiger partial charge in [-0.25, -0.2) is 0 Å². The summed E-state index contributed by atoms with van der Waals surface area (Å²) in [6, 6.07) is 55.8. The minimum Gasteiger partial charge on any atom is -0.499 e. The van der Waals surface area contributed by atoms with E-state index in [4.69, 9.17) is 16.0 Å². The summed E-state index contributed by atoms with van der Waals surface area (Å²) >= 11 is 0. The summed E-state index contributed by atoms with van der Waals surface area (Å²) in [5, 5.41) is 14.5. The Bertz CT molecular complexity index is 2590. The van der Waals surface area contributed by atoms with E-state index in [1.165, 1.54) is 0 Å². The summed E-state index contributed by atoms with van der Waals surface area (Å²) in [6.07, 6.45) is 30.9. The third-order valence-corrected chi connectivity index (χ3v) is 11.0. The van der Waals surface area contributed by atoms with Crippen LogP contribution < -0.4 is 14.7 Å². The van der Waals surface area contributed by atoms with E-state index in [2.05, 4.69) is 179 Å². The first-order chi connectivity index (χ1) is 31.3. The molecule has 0 fully saturated rings. The number of allylic oxidation sites excluding steroid dienone is 15. The maximum absolute atomic E-state index is 4.82. The predicted molar refractivity (Wildman–Crippen MR) is 260 cm³/mol. The van der Waals surface area contributed by atoms with Crippen LogP contribution in [0.5, 0.6) is 0 Å². The Morgan fingerprint density at radius 3 is 0.859 bits per heavy atom. The van der Waals surface area contributed by atoms with Crippen LogP contribution in [-0.2, 0) is 20.1 Å². The number of rotatable bonds is 3. The van der Waals surface area contributed by atoms with Gasteiger partial charge in [0.15, 0.2) is 0 Å². The van der Waals surface area contributed by atoms with Gasteiger partial charge in [-0.1, -0.05) is 164 Å². The molecule has 3 heterocycles. The van der Waals surface area contributed by atoms with Crippen LogP contribution in [0.1, 0.15) is 19.3 Å². The van der Waals surface area contributed by atoms with Crippen molar-refractivity contribution in [2.45, 2.75) is 19.3 Å². The Labute approximate surface area is 390 Å². The second-order valence-electron chi connectivity index (χ2n) is 15.1. The molecule has 7 heteroatoms. The van der Waals surface area contributed by atoms with Gasteiger partial charge in [-0.05, 0) is 70.4 Å². The van der Waals surface area contributed by atoms with Crippen LogP contribution in [-0.4, -0.2) is 0 Å². The van der Waals surface area contributed by atoms with Crippen molar-refractivity contribution in [3.05, 3.63) is 287 Å². The molecule has 0 unspecified atom stereocenters. The molecule has 3 aliphatic carbocycles. The van der Waals surface area contributed by atoms with Crippen molar-refractivity contribution in [1.29, 1.82) is 0 Å². The average Bonchev–Trinajstić information content (AvgIpc) is 4.09. The summed E-state index contributed by atoms with van der Waals surface area (Å²) < 4.78 is 0. The van der Waals surface area contributed by atoms with Gasteiger partial charge in [0.05, 0.1) is 0 Å². The molecule has 64 heavy (non-hydrogen) atoms. The molecule has 0 spiro atoms. The molecule has 0 amide bonds. The summed E-state index contributed by atoms with van der Waals surface area (Å²) in [6.45, 7) is 0.